The van der Waals surface area contributed by atoms with Gasteiger partial charge in [-0.3, -0.25) is 0 Å². The van der Waals surface area contributed by atoms with Gasteiger partial charge in [0.15, 0.2) is 0 Å². The standard InChI is InChI=1S/C16H16O3/c1-19-11-14-6-3-2-5-12(14)9-10-13-7-4-8-15(13)16(17)18/h2-3,5-6H,4,7-8,11H2,1H3,(H,17,18). The molecule has 0 radical (unpaired) electrons. The third kappa shape index (κ3) is 3.24. The zero-order chi connectivity index (χ0) is 13.7. The summed E-state index contributed by atoms with van der Waals surface area (Å²) in [6, 6.07) is 7.76. The first kappa shape index (κ1) is 13.4. The zero-order valence-corrected chi connectivity index (χ0v) is 10.9. The largest absolute Gasteiger partial charge is 0.478 e. The highest BCUT2D eigenvalue weighted by atomic mass is 16.5. The van der Waals surface area contributed by atoms with Crippen LogP contribution in [0.25, 0.3) is 0 Å². The number of carboxylic acid groups (broad SMARTS) is 1. The van der Waals surface area contributed by atoms with E-state index in [2.05, 4.69) is 11.8 Å². The minimum atomic E-state index is -0.841. The van der Waals surface area contributed by atoms with Gasteiger partial charge in [-0.15, -0.1) is 0 Å². The molecule has 3 nitrogen and oxygen atoms in total. The Labute approximate surface area is 112 Å². The molecule has 0 aromatic heterocycles. The predicted molar refractivity (Wildman–Crippen MR) is 72.5 cm³/mol. The second kappa shape index (κ2) is 6.21. The van der Waals surface area contributed by atoms with Gasteiger partial charge in [0.25, 0.3) is 0 Å². The lowest BCUT2D eigenvalue weighted by Gasteiger charge is -2.02. The summed E-state index contributed by atoms with van der Waals surface area (Å²) in [5, 5.41) is 9.07. The van der Waals surface area contributed by atoms with Gasteiger partial charge < -0.3 is 9.84 Å². The monoisotopic (exact) mass is 256 g/mol. The molecule has 2 rings (SSSR count). The summed E-state index contributed by atoms with van der Waals surface area (Å²) >= 11 is 0. The van der Waals surface area contributed by atoms with Crippen molar-refractivity contribution in [2.75, 3.05) is 7.11 Å². The summed E-state index contributed by atoms with van der Waals surface area (Å²) < 4.78 is 5.13. The van der Waals surface area contributed by atoms with Gasteiger partial charge in [-0.2, -0.15) is 0 Å². The second-order valence-corrected chi connectivity index (χ2v) is 4.46. The topological polar surface area (TPSA) is 46.5 Å². The molecule has 98 valence electrons. The third-order valence-corrected chi connectivity index (χ3v) is 3.14. The number of rotatable bonds is 3. The normalized spacial score (nSPS) is 14.2. The van der Waals surface area contributed by atoms with E-state index in [1.807, 2.05) is 24.3 Å². The van der Waals surface area contributed by atoms with Crippen molar-refractivity contribution in [3.63, 3.8) is 0 Å². The number of allylic oxidation sites excluding steroid dienone is 1. The Morgan fingerprint density at radius 1 is 1.32 bits per heavy atom. The highest BCUT2D eigenvalue weighted by molar-refractivity contribution is 5.89. The van der Waals surface area contributed by atoms with Crippen LogP contribution in [-0.2, 0) is 16.1 Å². The Hall–Kier alpha value is -2.05. The summed E-state index contributed by atoms with van der Waals surface area (Å²) in [4.78, 5) is 11.0. The molecule has 1 aliphatic carbocycles. The van der Waals surface area contributed by atoms with Crippen LogP contribution in [-0.4, -0.2) is 18.2 Å². The van der Waals surface area contributed by atoms with E-state index in [4.69, 9.17) is 9.84 Å². The van der Waals surface area contributed by atoms with Crippen molar-refractivity contribution in [2.45, 2.75) is 25.9 Å². The molecular formula is C16H16O3. The van der Waals surface area contributed by atoms with Crippen molar-refractivity contribution in [3.8, 4) is 11.8 Å². The molecule has 0 spiro atoms. The summed E-state index contributed by atoms with van der Waals surface area (Å²) in [6.45, 7) is 0.510. The molecule has 0 bridgehead atoms. The highest BCUT2D eigenvalue weighted by Crippen LogP contribution is 2.25. The molecular weight excluding hydrogens is 240 g/mol. The molecule has 0 atom stereocenters. The molecule has 0 unspecified atom stereocenters. The number of hydrogen-bond donors (Lipinski definition) is 1. The quantitative estimate of drug-likeness (QED) is 0.846. The van der Waals surface area contributed by atoms with Crippen LogP contribution in [0.3, 0.4) is 0 Å². The van der Waals surface area contributed by atoms with E-state index in [0.29, 0.717) is 18.6 Å². The Balaban J connectivity index is 2.29. The molecule has 0 amide bonds. The van der Waals surface area contributed by atoms with Crippen LogP contribution in [0.2, 0.25) is 0 Å². The number of methoxy groups -OCH3 is 1. The molecule has 1 N–H and O–H groups in total. The molecule has 19 heavy (non-hydrogen) atoms. The van der Waals surface area contributed by atoms with Crippen LogP contribution in [0.4, 0.5) is 0 Å². The molecule has 1 aliphatic rings. The van der Waals surface area contributed by atoms with Crippen LogP contribution in [0.5, 0.6) is 0 Å². The van der Waals surface area contributed by atoms with Crippen molar-refractivity contribution in [1.82, 2.24) is 0 Å². The fraction of sp³-hybridized carbons (Fsp3) is 0.312. The van der Waals surface area contributed by atoms with Gasteiger partial charge in [0, 0.05) is 23.8 Å². The Bertz CT molecular complexity index is 573. The van der Waals surface area contributed by atoms with Gasteiger partial charge in [-0.25, -0.2) is 4.79 Å². The summed E-state index contributed by atoms with van der Waals surface area (Å²) in [5.41, 5.74) is 3.15. The smallest absolute Gasteiger partial charge is 0.332 e. The van der Waals surface area contributed by atoms with E-state index in [1.54, 1.807) is 7.11 Å². The highest BCUT2D eigenvalue weighted by Gasteiger charge is 2.18. The number of ether oxygens (including phenoxy) is 1. The van der Waals surface area contributed by atoms with Gasteiger partial charge in [-0.1, -0.05) is 30.0 Å². The van der Waals surface area contributed by atoms with Gasteiger partial charge in [-0.05, 0) is 30.9 Å². The van der Waals surface area contributed by atoms with Crippen LogP contribution >= 0.6 is 0 Å². The number of hydrogen-bond acceptors (Lipinski definition) is 2. The van der Waals surface area contributed by atoms with Crippen molar-refractivity contribution in [1.29, 1.82) is 0 Å². The minimum absolute atomic E-state index is 0.469. The van der Waals surface area contributed by atoms with Crippen LogP contribution in [0, 0.1) is 11.8 Å². The van der Waals surface area contributed by atoms with Crippen LogP contribution < -0.4 is 0 Å². The molecule has 0 fully saturated rings. The van der Waals surface area contributed by atoms with E-state index >= 15 is 0 Å². The lowest BCUT2D eigenvalue weighted by Crippen LogP contribution is -1.99. The molecule has 1 aromatic rings. The van der Waals surface area contributed by atoms with Crippen LogP contribution in [0.1, 0.15) is 30.4 Å². The van der Waals surface area contributed by atoms with E-state index in [1.165, 1.54) is 0 Å². The number of benzene rings is 1. The molecule has 0 saturated heterocycles. The lowest BCUT2D eigenvalue weighted by atomic mass is 10.1. The van der Waals surface area contributed by atoms with Crippen molar-refractivity contribution in [3.05, 3.63) is 46.5 Å². The maximum Gasteiger partial charge on any atom is 0.332 e. The van der Waals surface area contributed by atoms with Crippen molar-refractivity contribution in [2.24, 2.45) is 0 Å². The first-order valence-corrected chi connectivity index (χ1v) is 6.26. The lowest BCUT2D eigenvalue weighted by molar-refractivity contribution is -0.132. The van der Waals surface area contributed by atoms with E-state index in [9.17, 15) is 4.79 Å². The molecule has 0 aliphatic heterocycles. The average molecular weight is 256 g/mol. The summed E-state index contributed by atoms with van der Waals surface area (Å²) in [5.74, 6) is 5.25. The Morgan fingerprint density at radius 3 is 2.84 bits per heavy atom. The number of carboxylic acids is 1. The number of aliphatic carboxylic acids is 1. The zero-order valence-electron chi connectivity index (χ0n) is 10.9. The van der Waals surface area contributed by atoms with E-state index < -0.39 is 5.97 Å². The molecule has 0 heterocycles. The van der Waals surface area contributed by atoms with Gasteiger partial charge in [0.05, 0.1) is 6.61 Å². The predicted octanol–water partition coefficient (Wildman–Crippen LogP) is 2.75. The molecule has 0 saturated carbocycles. The SMILES string of the molecule is COCc1ccccc1C#CC1=C(C(=O)O)CCC1. The maximum absolute atomic E-state index is 11.0. The first-order valence-electron chi connectivity index (χ1n) is 6.26. The van der Waals surface area contributed by atoms with E-state index in [-0.39, 0.29) is 0 Å². The van der Waals surface area contributed by atoms with E-state index in [0.717, 1.165) is 29.5 Å². The number of carbonyl (C=O) groups is 1. The molecule has 1 aromatic carbocycles. The summed E-state index contributed by atoms with van der Waals surface area (Å²) in [6.07, 6.45) is 2.27. The van der Waals surface area contributed by atoms with Crippen LogP contribution in [0.15, 0.2) is 35.4 Å². The maximum atomic E-state index is 11.0. The van der Waals surface area contributed by atoms with Crippen molar-refractivity contribution >= 4 is 5.97 Å². The fourth-order valence-electron chi connectivity index (χ4n) is 2.18. The third-order valence-electron chi connectivity index (χ3n) is 3.14. The van der Waals surface area contributed by atoms with Crippen molar-refractivity contribution < 1.29 is 14.6 Å². The minimum Gasteiger partial charge on any atom is -0.478 e. The Kier molecular flexibility index (Phi) is 4.38. The van der Waals surface area contributed by atoms with Gasteiger partial charge in [0.1, 0.15) is 0 Å². The van der Waals surface area contributed by atoms with Gasteiger partial charge >= 0.3 is 5.97 Å². The summed E-state index contributed by atoms with van der Waals surface area (Å²) in [7, 11) is 1.65. The Morgan fingerprint density at radius 2 is 2.11 bits per heavy atom. The second-order valence-electron chi connectivity index (χ2n) is 4.46. The van der Waals surface area contributed by atoms with Gasteiger partial charge in [0.2, 0.25) is 0 Å². The molecule has 3 heteroatoms. The fourth-order valence-corrected chi connectivity index (χ4v) is 2.18. The first-order chi connectivity index (χ1) is 9.22. The average Bonchev–Trinajstić information content (AvgIpc) is 2.86.